The number of aryl methyl sites for hydroxylation is 3. The molecule has 0 aliphatic heterocycles. The summed E-state index contributed by atoms with van der Waals surface area (Å²) in [5.41, 5.74) is 2.39. The number of fused-ring (bicyclic) bond motifs is 1. The first kappa shape index (κ1) is 18.8. The Kier molecular flexibility index (Phi) is 6.01. The van der Waals surface area contributed by atoms with Crippen LogP contribution in [0.3, 0.4) is 0 Å². The number of unbranched alkanes of at least 4 members (excludes halogenated alkanes) is 1. The number of ether oxygens (including phenoxy) is 1. The first-order chi connectivity index (χ1) is 13.1. The maximum absolute atomic E-state index is 12.8. The minimum Gasteiger partial charge on any atom is -0.459 e. The van der Waals surface area contributed by atoms with E-state index < -0.39 is 5.97 Å². The zero-order valence-electron chi connectivity index (χ0n) is 15.6. The van der Waals surface area contributed by atoms with Gasteiger partial charge in [0.1, 0.15) is 23.8 Å². The molecule has 3 rings (SSSR count). The number of para-hydroxylation sites is 2. The van der Waals surface area contributed by atoms with Gasteiger partial charge < -0.3 is 13.8 Å². The molecule has 0 aliphatic carbocycles. The molecule has 3 aromatic rings. The topological polar surface area (TPSA) is 87.2 Å². The van der Waals surface area contributed by atoms with Crippen LogP contribution < -0.4 is 5.56 Å². The van der Waals surface area contributed by atoms with Crippen molar-refractivity contribution in [2.45, 2.75) is 52.7 Å². The summed E-state index contributed by atoms with van der Waals surface area (Å²) in [6.07, 6.45) is 2.23. The van der Waals surface area contributed by atoms with Crippen molar-refractivity contribution in [3.63, 3.8) is 0 Å². The van der Waals surface area contributed by atoms with Crippen molar-refractivity contribution in [2.24, 2.45) is 0 Å². The lowest BCUT2D eigenvalue weighted by molar-refractivity contribution is -0.145. The van der Waals surface area contributed by atoms with Crippen molar-refractivity contribution in [1.29, 1.82) is 0 Å². The molecule has 7 nitrogen and oxygen atoms in total. The summed E-state index contributed by atoms with van der Waals surface area (Å²) in [4.78, 5) is 29.3. The third kappa shape index (κ3) is 4.61. The van der Waals surface area contributed by atoms with Gasteiger partial charge in [0.2, 0.25) is 0 Å². The largest absolute Gasteiger partial charge is 0.459 e. The van der Waals surface area contributed by atoms with E-state index in [0.717, 1.165) is 23.9 Å². The molecule has 0 saturated heterocycles. The summed E-state index contributed by atoms with van der Waals surface area (Å²) >= 11 is 0. The van der Waals surface area contributed by atoms with Crippen LogP contribution in [0.2, 0.25) is 0 Å². The van der Waals surface area contributed by atoms with E-state index in [9.17, 15) is 9.59 Å². The van der Waals surface area contributed by atoms with Gasteiger partial charge in [0, 0.05) is 19.0 Å². The number of benzene rings is 1. The van der Waals surface area contributed by atoms with Gasteiger partial charge in [-0.25, -0.2) is 4.98 Å². The molecule has 0 fully saturated rings. The molecule has 27 heavy (non-hydrogen) atoms. The summed E-state index contributed by atoms with van der Waals surface area (Å²) in [5.74, 6) is 0.263. The predicted octanol–water partition coefficient (Wildman–Crippen LogP) is 3.17. The number of nitrogens with zero attached hydrogens (tertiary/aromatic N) is 3. The smallest absolute Gasteiger partial charge is 0.306 e. The number of carbonyl (C=O) groups is 1. The Morgan fingerprint density at radius 1 is 1.30 bits per heavy atom. The molecule has 0 bridgehead atoms. The van der Waals surface area contributed by atoms with Crippen molar-refractivity contribution in [2.75, 3.05) is 0 Å². The van der Waals surface area contributed by atoms with Crippen molar-refractivity contribution < 1.29 is 14.1 Å². The van der Waals surface area contributed by atoms with E-state index in [1.165, 1.54) is 0 Å². The standard InChI is InChI=1S/C20H23N3O4/c1-3-4-11-23-18-8-6-5-7-16(18)21-17(20(23)25)9-10-19(24)26-13-15-12-14(2)27-22-15/h5-8,12H,3-4,9-11,13H2,1-2H3. The molecule has 0 atom stereocenters. The third-order valence-corrected chi connectivity index (χ3v) is 4.28. The lowest BCUT2D eigenvalue weighted by Crippen LogP contribution is -2.26. The van der Waals surface area contributed by atoms with E-state index in [0.29, 0.717) is 23.7 Å². The predicted molar refractivity (Wildman–Crippen MR) is 100 cm³/mol. The molecule has 2 heterocycles. The lowest BCUT2D eigenvalue weighted by atomic mass is 10.2. The monoisotopic (exact) mass is 369 g/mol. The maximum atomic E-state index is 12.8. The summed E-state index contributed by atoms with van der Waals surface area (Å²) in [6, 6.07) is 9.28. The molecule has 0 amide bonds. The lowest BCUT2D eigenvalue weighted by Gasteiger charge is -2.11. The highest BCUT2D eigenvalue weighted by Gasteiger charge is 2.13. The van der Waals surface area contributed by atoms with Crippen molar-refractivity contribution in [1.82, 2.24) is 14.7 Å². The van der Waals surface area contributed by atoms with Gasteiger partial charge in [-0.15, -0.1) is 0 Å². The van der Waals surface area contributed by atoms with Gasteiger partial charge >= 0.3 is 5.97 Å². The molecule has 0 spiro atoms. The molecule has 0 N–H and O–H groups in total. The highest BCUT2D eigenvalue weighted by molar-refractivity contribution is 5.75. The van der Waals surface area contributed by atoms with Gasteiger partial charge in [0.25, 0.3) is 5.56 Å². The van der Waals surface area contributed by atoms with Crippen LogP contribution in [0.5, 0.6) is 0 Å². The fraction of sp³-hybridized carbons (Fsp3) is 0.400. The minimum atomic E-state index is -0.398. The van der Waals surface area contributed by atoms with E-state index in [4.69, 9.17) is 9.26 Å². The van der Waals surface area contributed by atoms with Gasteiger partial charge in [-0.3, -0.25) is 9.59 Å². The molecular weight excluding hydrogens is 346 g/mol. The second kappa shape index (κ2) is 8.62. The van der Waals surface area contributed by atoms with Gasteiger partial charge in [-0.1, -0.05) is 30.6 Å². The molecule has 1 aromatic carbocycles. The van der Waals surface area contributed by atoms with E-state index >= 15 is 0 Å². The molecular formula is C20H23N3O4. The highest BCUT2D eigenvalue weighted by Crippen LogP contribution is 2.12. The molecule has 0 saturated carbocycles. The summed E-state index contributed by atoms with van der Waals surface area (Å²) in [5, 5.41) is 3.78. The first-order valence-corrected chi connectivity index (χ1v) is 9.14. The Hall–Kier alpha value is -2.96. The van der Waals surface area contributed by atoms with Crippen LogP contribution in [-0.2, 0) is 29.1 Å². The molecule has 2 aromatic heterocycles. The normalized spacial score (nSPS) is 11.0. The molecule has 0 aliphatic rings. The molecule has 142 valence electrons. The first-order valence-electron chi connectivity index (χ1n) is 9.14. The highest BCUT2D eigenvalue weighted by atomic mass is 16.5. The van der Waals surface area contributed by atoms with E-state index in [2.05, 4.69) is 17.1 Å². The number of esters is 1. The van der Waals surface area contributed by atoms with E-state index in [1.54, 1.807) is 17.6 Å². The van der Waals surface area contributed by atoms with Gasteiger partial charge in [0.15, 0.2) is 0 Å². The van der Waals surface area contributed by atoms with E-state index in [1.807, 2.05) is 24.3 Å². The molecule has 0 radical (unpaired) electrons. The van der Waals surface area contributed by atoms with E-state index in [-0.39, 0.29) is 25.0 Å². The average molecular weight is 369 g/mol. The Balaban J connectivity index is 1.71. The Bertz CT molecular complexity index is 990. The Morgan fingerprint density at radius 3 is 2.85 bits per heavy atom. The van der Waals surface area contributed by atoms with Crippen molar-refractivity contribution in [3.05, 3.63) is 57.8 Å². The third-order valence-electron chi connectivity index (χ3n) is 4.28. The van der Waals surface area contributed by atoms with Gasteiger partial charge in [-0.05, 0) is 25.5 Å². The second-order valence-corrected chi connectivity index (χ2v) is 6.45. The van der Waals surface area contributed by atoms with Crippen LogP contribution in [0.1, 0.15) is 43.3 Å². The Labute approximate surface area is 157 Å². The van der Waals surface area contributed by atoms with Crippen LogP contribution in [0, 0.1) is 6.92 Å². The van der Waals surface area contributed by atoms with Crippen LogP contribution in [0.4, 0.5) is 0 Å². The summed E-state index contributed by atoms with van der Waals surface area (Å²) in [7, 11) is 0. The zero-order chi connectivity index (χ0) is 19.2. The fourth-order valence-corrected chi connectivity index (χ4v) is 2.88. The summed E-state index contributed by atoms with van der Waals surface area (Å²) in [6.45, 7) is 4.55. The zero-order valence-corrected chi connectivity index (χ0v) is 15.6. The number of rotatable bonds is 8. The maximum Gasteiger partial charge on any atom is 0.306 e. The molecule has 7 heteroatoms. The minimum absolute atomic E-state index is 0.0576. The fourth-order valence-electron chi connectivity index (χ4n) is 2.88. The quantitative estimate of drug-likeness (QED) is 0.567. The van der Waals surface area contributed by atoms with Crippen molar-refractivity contribution >= 4 is 17.0 Å². The second-order valence-electron chi connectivity index (χ2n) is 6.45. The van der Waals surface area contributed by atoms with Crippen LogP contribution in [0.25, 0.3) is 11.0 Å². The molecule has 0 unspecified atom stereocenters. The van der Waals surface area contributed by atoms with Crippen LogP contribution in [0.15, 0.2) is 39.6 Å². The Morgan fingerprint density at radius 2 is 2.11 bits per heavy atom. The number of aromatic nitrogens is 3. The van der Waals surface area contributed by atoms with Gasteiger partial charge in [-0.2, -0.15) is 0 Å². The summed E-state index contributed by atoms with van der Waals surface area (Å²) < 4.78 is 11.9. The van der Waals surface area contributed by atoms with Crippen LogP contribution >= 0.6 is 0 Å². The van der Waals surface area contributed by atoms with Gasteiger partial charge in [0.05, 0.1) is 17.5 Å². The number of carbonyl (C=O) groups excluding carboxylic acids is 1. The van der Waals surface area contributed by atoms with Crippen LogP contribution in [-0.4, -0.2) is 20.7 Å². The number of hydrogen-bond acceptors (Lipinski definition) is 6. The SMILES string of the molecule is CCCCn1c(=O)c(CCC(=O)OCc2cc(C)on2)nc2ccccc21. The van der Waals surface area contributed by atoms with Crippen molar-refractivity contribution in [3.8, 4) is 0 Å². The average Bonchev–Trinajstić information content (AvgIpc) is 3.09. The number of hydrogen-bond donors (Lipinski definition) is 0.